The first-order chi connectivity index (χ1) is 11.4. The standard InChI is InChI=1S/C19H32N2O3.ClH/c1-14-13-21(3)15(2)11-19(14,22)8-9-20-12-16-6-7-17(23-4)18(10-16)24-5;/h6-7,10,14-15,20,22H,8-9,11-13H2,1-5H3;1H. The first kappa shape index (κ1) is 22.0. The highest BCUT2D eigenvalue weighted by Gasteiger charge is 2.40. The second-order valence-corrected chi connectivity index (χ2v) is 7.11. The molecule has 1 fully saturated rings. The zero-order valence-corrected chi connectivity index (χ0v) is 16.9. The van der Waals surface area contributed by atoms with E-state index in [-0.39, 0.29) is 12.4 Å². The molecule has 0 saturated carbocycles. The normalized spacial score (nSPS) is 26.8. The minimum absolute atomic E-state index is 0. The van der Waals surface area contributed by atoms with Crippen LogP contribution in [0.3, 0.4) is 0 Å². The van der Waals surface area contributed by atoms with Gasteiger partial charge in [-0.05, 0) is 57.0 Å². The third-order valence-corrected chi connectivity index (χ3v) is 5.39. The number of halogens is 1. The third kappa shape index (κ3) is 5.48. The van der Waals surface area contributed by atoms with Crippen LogP contribution in [-0.2, 0) is 6.54 Å². The maximum Gasteiger partial charge on any atom is 0.161 e. The Morgan fingerprint density at radius 1 is 1.24 bits per heavy atom. The first-order valence-electron chi connectivity index (χ1n) is 8.74. The van der Waals surface area contributed by atoms with Crippen molar-refractivity contribution in [2.75, 3.05) is 34.4 Å². The number of aliphatic hydroxyl groups is 1. The summed E-state index contributed by atoms with van der Waals surface area (Å²) in [5.74, 6) is 1.78. The highest BCUT2D eigenvalue weighted by Crippen LogP contribution is 2.33. The van der Waals surface area contributed by atoms with Crippen LogP contribution in [0.5, 0.6) is 11.5 Å². The molecule has 1 heterocycles. The minimum Gasteiger partial charge on any atom is -0.493 e. The SMILES string of the molecule is COc1ccc(CNCCC2(O)CC(C)N(C)CC2C)cc1OC.Cl. The molecule has 3 unspecified atom stereocenters. The summed E-state index contributed by atoms with van der Waals surface area (Å²) < 4.78 is 10.6. The molecule has 1 aliphatic rings. The number of piperidine rings is 1. The molecule has 0 spiro atoms. The number of rotatable bonds is 7. The van der Waals surface area contributed by atoms with Crippen molar-refractivity contribution in [3.8, 4) is 11.5 Å². The van der Waals surface area contributed by atoms with E-state index in [4.69, 9.17) is 9.47 Å². The van der Waals surface area contributed by atoms with E-state index in [1.165, 1.54) is 0 Å². The number of benzene rings is 1. The number of nitrogens with one attached hydrogen (secondary N) is 1. The van der Waals surface area contributed by atoms with Gasteiger partial charge in [0.25, 0.3) is 0 Å². The molecule has 1 saturated heterocycles. The van der Waals surface area contributed by atoms with Crippen molar-refractivity contribution >= 4 is 12.4 Å². The fourth-order valence-electron chi connectivity index (χ4n) is 3.53. The fourth-order valence-corrected chi connectivity index (χ4v) is 3.53. The summed E-state index contributed by atoms with van der Waals surface area (Å²) in [5, 5.41) is 14.4. The van der Waals surface area contributed by atoms with Crippen molar-refractivity contribution in [2.24, 2.45) is 5.92 Å². The quantitative estimate of drug-likeness (QED) is 0.721. The largest absolute Gasteiger partial charge is 0.493 e. The summed E-state index contributed by atoms with van der Waals surface area (Å²) in [5.41, 5.74) is 0.570. The van der Waals surface area contributed by atoms with Gasteiger partial charge in [-0.25, -0.2) is 0 Å². The first-order valence-corrected chi connectivity index (χ1v) is 8.74. The van der Waals surface area contributed by atoms with Gasteiger partial charge < -0.3 is 24.8 Å². The maximum atomic E-state index is 11.0. The predicted octanol–water partition coefficient (Wildman–Crippen LogP) is 2.70. The van der Waals surface area contributed by atoms with Crippen molar-refractivity contribution in [3.63, 3.8) is 0 Å². The van der Waals surface area contributed by atoms with Gasteiger partial charge in [0.15, 0.2) is 11.5 Å². The fraction of sp³-hybridized carbons (Fsp3) is 0.684. The van der Waals surface area contributed by atoms with Crippen LogP contribution in [0.2, 0.25) is 0 Å². The molecular formula is C19H33ClN2O3. The second-order valence-electron chi connectivity index (χ2n) is 7.11. The van der Waals surface area contributed by atoms with Gasteiger partial charge in [-0.2, -0.15) is 0 Å². The van der Waals surface area contributed by atoms with Gasteiger partial charge in [-0.3, -0.25) is 0 Å². The van der Waals surface area contributed by atoms with Crippen LogP contribution in [0.25, 0.3) is 0 Å². The lowest BCUT2D eigenvalue weighted by Gasteiger charge is -2.46. The van der Waals surface area contributed by atoms with Gasteiger partial charge in [0.2, 0.25) is 0 Å². The van der Waals surface area contributed by atoms with Crippen molar-refractivity contribution in [1.82, 2.24) is 10.2 Å². The molecule has 6 heteroatoms. The summed E-state index contributed by atoms with van der Waals surface area (Å²) in [6, 6.07) is 6.37. The van der Waals surface area contributed by atoms with Crippen LogP contribution in [0.15, 0.2) is 18.2 Å². The Bertz CT molecular complexity index is 543. The Labute approximate surface area is 158 Å². The second kappa shape index (κ2) is 9.62. The predicted molar refractivity (Wildman–Crippen MR) is 104 cm³/mol. The molecule has 3 atom stereocenters. The summed E-state index contributed by atoms with van der Waals surface area (Å²) >= 11 is 0. The lowest BCUT2D eigenvalue weighted by atomic mass is 9.77. The van der Waals surface area contributed by atoms with E-state index in [2.05, 4.69) is 31.1 Å². The molecule has 2 N–H and O–H groups in total. The molecular weight excluding hydrogens is 340 g/mol. The Morgan fingerprint density at radius 3 is 2.56 bits per heavy atom. The summed E-state index contributed by atoms with van der Waals surface area (Å²) in [6.07, 6.45) is 1.61. The van der Waals surface area contributed by atoms with E-state index in [1.807, 2.05) is 18.2 Å². The van der Waals surface area contributed by atoms with Crippen LogP contribution in [0, 0.1) is 5.92 Å². The Balaban J connectivity index is 0.00000312. The molecule has 1 aliphatic heterocycles. The topological polar surface area (TPSA) is 54.0 Å². The van der Waals surface area contributed by atoms with E-state index in [1.54, 1.807) is 14.2 Å². The number of methoxy groups -OCH3 is 2. The van der Waals surface area contributed by atoms with E-state index in [0.717, 1.165) is 49.5 Å². The van der Waals surface area contributed by atoms with Gasteiger partial charge in [0.1, 0.15) is 0 Å². The Hall–Kier alpha value is -1.01. The van der Waals surface area contributed by atoms with E-state index in [0.29, 0.717) is 12.0 Å². The van der Waals surface area contributed by atoms with Crippen LogP contribution in [-0.4, -0.2) is 56.0 Å². The lowest BCUT2D eigenvalue weighted by molar-refractivity contribution is -0.0831. The summed E-state index contributed by atoms with van der Waals surface area (Å²) in [7, 11) is 5.42. The van der Waals surface area contributed by atoms with Crippen molar-refractivity contribution < 1.29 is 14.6 Å². The molecule has 0 bridgehead atoms. The van der Waals surface area contributed by atoms with Crippen LogP contribution in [0.4, 0.5) is 0 Å². The monoisotopic (exact) mass is 372 g/mol. The van der Waals surface area contributed by atoms with E-state index in [9.17, 15) is 5.11 Å². The summed E-state index contributed by atoms with van der Waals surface area (Å²) in [6.45, 7) is 6.84. The average molecular weight is 373 g/mol. The highest BCUT2D eigenvalue weighted by atomic mass is 35.5. The summed E-state index contributed by atoms with van der Waals surface area (Å²) in [4.78, 5) is 2.33. The van der Waals surface area contributed by atoms with Crippen molar-refractivity contribution in [1.29, 1.82) is 0 Å². The van der Waals surface area contributed by atoms with Gasteiger partial charge in [0.05, 0.1) is 19.8 Å². The van der Waals surface area contributed by atoms with E-state index < -0.39 is 5.60 Å². The van der Waals surface area contributed by atoms with Crippen LogP contribution < -0.4 is 14.8 Å². The molecule has 1 aromatic rings. The van der Waals surface area contributed by atoms with Gasteiger partial charge in [0, 0.05) is 19.1 Å². The number of hydrogen-bond donors (Lipinski definition) is 2. The van der Waals surface area contributed by atoms with Crippen LogP contribution in [0.1, 0.15) is 32.3 Å². The van der Waals surface area contributed by atoms with Crippen molar-refractivity contribution in [3.05, 3.63) is 23.8 Å². The smallest absolute Gasteiger partial charge is 0.161 e. The molecule has 1 aromatic carbocycles. The number of ether oxygens (including phenoxy) is 2. The molecule has 5 nitrogen and oxygen atoms in total. The average Bonchev–Trinajstić information content (AvgIpc) is 2.57. The van der Waals surface area contributed by atoms with Crippen LogP contribution >= 0.6 is 12.4 Å². The van der Waals surface area contributed by atoms with Gasteiger partial charge >= 0.3 is 0 Å². The molecule has 2 rings (SSSR count). The number of nitrogens with zero attached hydrogens (tertiary/aromatic N) is 1. The molecule has 0 aromatic heterocycles. The zero-order chi connectivity index (χ0) is 17.7. The number of hydrogen-bond acceptors (Lipinski definition) is 5. The van der Waals surface area contributed by atoms with E-state index >= 15 is 0 Å². The molecule has 25 heavy (non-hydrogen) atoms. The maximum absolute atomic E-state index is 11.0. The third-order valence-electron chi connectivity index (χ3n) is 5.39. The van der Waals surface area contributed by atoms with Gasteiger partial charge in [-0.15, -0.1) is 12.4 Å². The molecule has 0 aliphatic carbocycles. The molecule has 0 amide bonds. The zero-order valence-electron chi connectivity index (χ0n) is 16.0. The minimum atomic E-state index is -0.573. The Morgan fingerprint density at radius 2 is 1.92 bits per heavy atom. The molecule has 144 valence electrons. The Kier molecular flexibility index (Phi) is 8.48. The van der Waals surface area contributed by atoms with Gasteiger partial charge in [-0.1, -0.05) is 13.0 Å². The molecule has 0 radical (unpaired) electrons. The highest BCUT2D eigenvalue weighted by molar-refractivity contribution is 5.85. The van der Waals surface area contributed by atoms with Crippen molar-refractivity contribution in [2.45, 2.75) is 44.9 Å². The number of likely N-dealkylation sites (tertiary alicyclic amines) is 1. The lowest BCUT2D eigenvalue weighted by Crippen LogP contribution is -2.54.